The van der Waals surface area contributed by atoms with E-state index in [9.17, 15) is 13.2 Å². The van der Waals surface area contributed by atoms with E-state index < -0.39 is 11.7 Å². The van der Waals surface area contributed by atoms with Gasteiger partial charge in [0, 0.05) is 24.6 Å². The van der Waals surface area contributed by atoms with Gasteiger partial charge < -0.3 is 10.0 Å². The third kappa shape index (κ3) is 4.51. The Morgan fingerprint density at radius 3 is 2.37 bits per heavy atom. The molecule has 0 fully saturated rings. The second kappa shape index (κ2) is 7.87. The van der Waals surface area contributed by atoms with Crippen LogP contribution in [-0.4, -0.2) is 17.0 Å². The summed E-state index contributed by atoms with van der Waals surface area (Å²) in [5, 5.41) is 3.60. The number of halogens is 3. The van der Waals surface area contributed by atoms with Crippen LogP contribution in [-0.2, 0) is 6.18 Å². The van der Waals surface area contributed by atoms with E-state index in [0.717, 1.165) is 11.6 Å². The number of hydrogen-bond donors (Lipinski definition) is 2. The average molecular weight is 390 g/mol. The molecule has 0 saturated heterocycles. The highest BCUT2D eigenvalue weighted by atomic mass is 32.2. The summed E-state index contributed by atoms with van der Waals surface area (Å²) >= 11 is 1.18. The van der Waals surface area contributed by atoms with Gasteiger partial charge in [-0.15, -0.1) is 0 Å². The van der Waals surface area contributed by atoms with Gasteiger partial charge in [0.1, 0.15) is 16.7 Å². The van der Waals surface area contributed by atoms with E-state index in [1.54, 1.807) is 44.3 Å². The van der Waals surface area contributed by atoms with Gasteiger partial charge in [-0.3, -0.25) is 0 Å². The van der Waals surface area contributed by atoms with Gasteiger partial charge >= 0.3 is 6.18 Å². The fourth-order valence-electron chi connectivity index (χ4n) is 2.50. The second-order valence-electron chi connectivity index (χ2n) is 5.72. The van der Waals surface area contributed by atoms with Crippen molar-refractivity contribution in [1.82, 2.24) is 9.97 Å². The molecule has 2 aromatic heterocycles. The Hall–Kier alpha value is -2.74. The van der Waals surface area contributed by atoms with Crippen molar-refractivity contribution in [3.8, 4) is 11.3 Å². The van der Waals surface area contributed by atoms with Crippen LogP contribution < -0.4 is 10.0 Å². The molecule has 0 atom stereocenters. The Morgan fingerprint density at radius 1 is 0.889 bits per heavy atom. The molecule has 0 aliphatic carbocycles. The first-order valence-electron chi connectivity index (χ1n) is 8.10. The first kappa shape index (κ1) is 19.0. The summed E-state index contributed by atoms with van der Waals surface area (Å²) in [6, 6.07) is 14.7. The number of aromatic nitrogens is 2. The van der Waals surface area contributed by atoms with Crippen molar-refractivity contribution < 1.29 is 13.2 Å². The zero-order valence-electron chi connectivity index (χ0n) is 14.6. The predicted molar refractivity (Wildman–Crippen MR) is 103 cm³/mol. The lowest BCUT2D eigenvalue weighted by molar-refractivity contribution is -0.137. The largest absolute Gasteiger partial charge is 0.418 e. The van der Waals surface area contributed by atoms with Crippen LogP contribution in [0, 0.1) is 6.92 Å². The normalized spacial score (nSPS) is 11.3. The van der Waals surface area contributed by atoms with E-state index in [0.29, 0.717) is 22.2 Å². The van der Waals surface area contributed by atoms with Gasteiger partial charge in [-0.05, 0) is 36.8 Å². The molecular weight excluding hydrogens is 373 g/mol. The van der Waals surface area contributed by atoms with Crippen molar-refractivity contribution in [2.45, 2.75) is 18.1 Å². The smallest absolute Gasteiger partial charge is 0.373 e. The molecule has 0 radical (unpaired) electrons. The molecule has 0 aliphatic heterocycles. The maximum absolute atomic E-state index is 13.4. The second-order valence-corrected chi connectivity index (χ2v) is 6.55. The summed E-state index contributed by atoms with van der Waals surface area (Å²) in [5.41, 5.74) is 0.322. The molecule has 2 heterocycles. The van der Waals surface area contributed by atoms with Crippen LogP contribution in [0.1, 0.15) is 11.1 Å². The summed E-state index contributed by atoms with van der Waals surface area (Å²) in [4.78, 5) is 8.57. The van der Waals surface area contributed by atoms with E-state index in [2.05, 4.69) is 20.0 Å². The topological polar surface area (TPSA) is 49.8 Å². The summed E-state index contributed by atoms with van der Waals surface area (Å²) in [6.45, 7) is 1.76. The number of benzene rings is 1. The van der Waals surface area contributed by atoms with Crippen molar-refractivity contribution in [2.75, 3.05) is 17.1 Å². The van der Waals surface area contributed by atoms with Crippen LogP contribution in [0.4, 0.5) is 24.8 Å². The van der Waals surface area contributed by atoms with Gasteiger partial charge in [0.2, 0.25) is 0 Å². The minimum absolute atomic E-state index is 0.0943. The Labute approximate surface area is 159 Å². The maximum atomic E-state index is 13.4. The van der Waals surface area contributed by atoms with Crippen molar-refractivity contribution in [2.24, 2.45) is 0 Å². The van der Waals surface area contributed by atoms with Crippen LogP contribution >= 0.6 is 11.9 Å². The van der Waals surface area contributed by atoms with Crippen LogP contribution in [0.15, 0.2) is 59.6 Å². The molecule has 0 saturated carbocycles. The monoisotopic (exact) mass is 390 g/mol. The molecule has 8 heteroatoms. The molecule has 4 nitrogen and oxygen atoms in total. The van der Waals surface area contributed by atoms with Crippen molar-refractivity contribution in [3.63, 3.8) is 0 Å². The highest BCUT2D eigenvalue weighted by molar-refractivity contribution is 8.00. The quantitative estimate of drug-likeness (QED) is 0.553. The lowest BCUT2D eigenvalue weighted by atomic mass is 10.0. The number of nitrogens with one attached hydrogen (secondary N) is 2. The Bertz CT molecular complexity index is 944. The molecule has 0 amide bonds. The Kier molecular flexibility index (Phi) is 5.55. The summed E-state index contributed by atoms with van der Waals surface area (Å²) in [7, 11) is 1.76. The van der Waals surface area contributed by atoms with Crippen LogP contribution in [0.3, 0.4) is 0 Å². The molecular formula is C19H17F3N4S. The highest BCUT2D eigenvalue weighted by Gasteiger charge is 2.35. The minimum Gasteiger partial charge on any atom is -0.373 e. The molecule has 140 valence electrons. The number of aryl methyl sites for hydroxylation is 1. The third-order valence-electron chi connectivity index (χ3n) is 3.84. The van der Waals surface area contributed by atoms with Gasteiger partial charge in [-0.25, -0.2) is 9.97 Å². The van der Waals surface area contributed by atoms with Crippen LogP contribution in [0.2, 0.25) is 0 Å². The summed E-state index contributed by atoms with van der Waals surface area (Å²) < 4.78 is 43.3. The van der Waals surface area contributed by atoms with Gasteiger partial charge in [0.15, 0.2) is 0 Å². The molecule has 0 unspecified atom stereocenters. The van der Waals surface area contributed by atoms with Gasteiger partial charge in [0.05, 0.1) is 11.3 Å². The first-order chi connectivity index (χ1) is 12.9. The van der Waals surface area contributed by atoms with Gasteiger partial charge in [-0.1, -0.05) is 30.3 Å². The fourth-order valence-corrected chi connectivity index (χ4v) is 3.12. The Morgan fingerprint density at radius 2 is 1.67 bits per heavy atom. The highest BCUT2D eigenvalue weighted by Crippen LogP contribution is 2.38. The lowest BCUT2D eigenvalue weighted by Gasteiger charge is -2.15. The fraction of sp³-hybridized carbons (Fsp3) is 0.158. The minimum atomic E-state index is -4.49. The zero-order chi connectivity index (χ0) is 19.4. The molecule has 3 aromatic rings. The van der Waals surface area contributed by atoms with Crippen molar-refractivity contribution >= 4 is 23.6 Å². The molecule has 0 bridgehead atoms. The van der Waals surface area contributed by atoms with E-state index in [1.165, 1.54) is 18.0 Å². The van der Waals surface area contributed by atoms with E-state index in [-0.39, 0.29) is 5.69 Å². The first-order valence-corrected chi connectivity index (χ1v) is 8.92. The van der Waals surface area contributed by atoms with E-state index in [4.69, 9.17) is 0 Å². The van der Waals surface area contributed by atoms with E-state index in [1.807, 2.05) is 12.1 Å². The molecule has 1 aromatic carbocycles. The number of rotatable bonds is 5. The zero-order valence-corrected chi connectivity index (χ0v) is 15.4. The average Bonchev–Trinajstić information content (AvgIpc) is 2.66. The molecule has 27 heavy (non-hydrogen) atoms. The van der Waals surface area contributed by atoms with Crippen molar-refractivity contribution in [1.29, 1.82) is 0 Å². The predicted octanol–water partition coefficient (Wildman–Crippen LogP) is 5.63. The standard InChI is InChI=1S/C19H17F3N4S/c1-12-6-3-4-7-13(12)18-14(19(20,21)22)10-11-16(25-18)26-27-17-9-5-8-15(23-2)24-17/h3-11H,1-2H3,(H,23,24)(H,25,26). The lowest BCUT2D eigenvalue weighted by Crippen LogP contribution is -2.09. The number of nitrogens with zero attached hydrogens (tertiary/aromatic N) is 2. The SMILES string of the molecule is CNc1cccc(SNc2ccc(C(F)(F)F)c(-c3ccccc3C)n2)n1. The number of pyridine rings is 2. The number of anilines is 2. The van der Waals surface area contributed by atoms with Gasteiger partial charge in [0.25, 0.3) is 0 Å². The van der Waals surface area contributed by atoms with Crippen molar-refractivity contribution in [3.05, 3.63) is 65.7 Å². The maximum Gasteiger partial charge on any atom is 0.418 e. The summed E-state index contributed by atoms with van der Waals surface area (Å²) in [5.74, 6) is 1.02. The number of hydrogen-bond acceptors (Lipinski definition) is 5. The van der Waals surface area contributed by atoms with E-state index >= 15 is 0 Å². The molecule has 3 rings (SSSR count). The number of alkyl halides is 3. The molecule has 2 N–H and O–H groups in total. The Balaban J connectivity index is 1.93. The van der Waals surface area contributed by atoms with Gasteiger partial charge in [-0.2, -0.15) is 13.2 Å². The third-order valence-corrected chi connectivity index (χ3v) is 4.59. The van der Waals surface area contributed by atoms with Crippen LogP contribution in [0.5, 0.6) is 0 Å². The van der Waals surface area contributed by atoms with Crippen LogP contribution in [0.25, 0.3) is 11.3 Å². The molecule has 0 spiro atoms. The summed E-state index contributed by atoms with van der Waals surface area (Å²) in [6.07, 6.45) is -4.49. The molecule has 0 aliphatic rings.